The summed E-state index contributed by atoms with van der Waals surface area (Å²) >= 11 is 0. The molecule has 0 aliphatic carbocycles. The third-order valence-corrected chi connectivity index (χ3v) is 3.01. The largest absolute Gasteiger partial charge is 0.493 e. The van der Waals surface area contributed by atoms with Gasteiger partial charge in [-0.05, 0) is 30.7 Å². The lowest BCUT2D eigenvalue weighted by atomic mass is 10.1. The molecule has 6 heteroatoms. The van der Waals surface area contributed by atoms with Gasteiger partial charge in [0.1, 0.15) is 0 Å². The number of nitrogens with zero attached hydrogens (tertiary/aromatic N) is 2. The van der Waals surface area contributed by atoms with Gasteiger partial charge in [0, 0.05) is 5.92 Å². The van der Waals surface area contributed by atoms with Gasteiger partial charge in [-0.1, -0.05) is 25.1 Å². The molecular formula is C15H21N3O3. The van der Waals surface area contributed by atoms with Crippen LogP contribution in [-0.2, 0) is 13.0 Å². The molecule has 0 saturated carbocycles. The normalized spacial score (nSPS) is 10.9. The highest BCUT2D eigenvalue weighted by Gasteiger charge is 2.12. The molecule has 0 aliphatic heterocycles. The molecule has 0 atom stereocenters. The number of rotatable bonds is 7. The zero-order valence-electron chi connectivity index (χ0n) is 12.6. The number of hydrogen-bond donors (Lipinski definition) is 1. The van der Waals surface area contributed by atoms with Crippen LogP contribution in [0.15, 0.2) is 22.7 Å². The maximum Gasteiger partial charge on any atom is 0.264 e. The van der Waals surface area contributed by atoms with Crippen molar-refractivity contribution in [2.45, 2.75) is 32.8 Å². The fraction of sp³-hybridized carbons (Fsp3) is 0.467. The Hall–Kier alpha value is -2.08. The Bertz CT molecular complexity index is 581. The molecule has 2 rings (SSSR count). The summed E-state index contributed by atoms with van der Waals surface area (Å²) in [6.07, 6.45) is 0.790. The number of benzene rings is 1. The molecule has 0 radical (unpaired) electrons. The van der Waals surface area contributed by atoms with Crippen molar-refractivity contribution in [1.29, 1.82) is 0 Å². The second kappa shape index (κ2) is 7.08. The first-order valence-electron chi connectivity index (χ1n) is 6.96. The summed E-state index contributed by atoms with van der Waals surface area (Å²) < 4.78 is 16.2. The lowest BCUT2D eigenvalue weighted by molar-refractivity contribution is 0.233. The second-order valence-corrected chi connectivity index (χ2v) is 5.01. The first kappa shape index (κ1) is 15.3. The summed E-state index contributed by atoms with van der Waals surface area (Å²) in [6.45, 7) is 4.82. The van der Waals surface area contributed by atoms with Crippen LogP contribution in [-0.4, -0.2) is 23.8 Å². The molecule has 2 aromatic rings. The Morgan fingerprint density at radius 2 is 2.10 bits per heavy atom. The van der Waals surface area contributed by atoms with Crippen molar-refractivity contribution >= 4 is 0 Å². The highest BCUT2D eigenvalue weighted by atomic mass is 16.5. The fourth-order valence-electron chi connectivity index (χ4n) is 1.86. The number of methoxy groups -OCH3 is 1. The molecule has 1 aromatic heterocycles. The zero-order chi connectivity index (χ0) is 15.2. The molecule has 21 heavy (non-hydrogen) atoms. The van der Waals surface area contributed by atoms with Crippen LogP contribution in [0, 0.1) is 0 Å². The van der Waals surface area contributed by atoms with Gasteiger partial charge in [-0.25, -0.2) is 0 Å². The molecule has 114 valence electrons. The van der Waals surface area contributed by atoms with Gasteiger partial charge >= 0.3 is 0 Å². The van der Waals surface area contributed by atoms with E-state index in [2.05, 4.69) is 10.1 Å². The van der Waals surface area contributed by atoms with E-state index in [9.17, 15) is 0 Å². The topological polar surface area (TPSA) is 83.4 Å². The maximum atomic E-state index is 5.73. The van der Waals surface area contributed by atoms with Crippen LogP contribution in [0.5, 0.6) is 11.5 Å². The predicted molar refractivity (Wildman–Crippen MR) is 78.5 cm³/mol. The van der Waals surface area contributed by atoms with Crippen LogP contribution in [0.1, 0.15) is 37.0 Å². The van der Waals surface area contributed by atoms with Crippen LogP contribution >= 0.6 is 0 Å². The maximum absolute atomic E-state index is 5.73. The minimum absolute atomic E-state index is 0.210. The van der Waals surface area contributed by atoms with Crippen LogP contribution in [0.25, 0.3) is 0 Å². The first-order valence-corrected chi connectivity index (χ1v) is 6.96. The molecule has 1 heterocycles. The van der Waals surface area contributed by atoms with Gasteiger partial charge < -0.3 is 19.7 Å². The molecule has 6 nitrogen and oxygen atoms in total. The Kier molecular flexibility index (Phi) is 5.16. The number of aromatic nitrogens is 2. The van der Waals surface area contributed by atoms with Crippen LogP contribution in [0.4, 0.5) is 0 Å². The van der Waals surface area contributed by atoms with Crippen molar-refractivity contribution < 1.29 is 14.0 Å². The van der Waals surface area contributed by atoms with Gasteiger partial charge in [-0.15, -0.1) is 0 Å². The number of nitrogens with two attached hydrogens (primary N) is 1. The van der Waals surface area contributed by atoms with Crippen molar-refractivity contribution in [3.8, 4) is 11.5 Å². The first-order chi connectivity index (χ1) is 10.1. The van der Waals surface area contributed by atoms with Gasteiger partial charge in [0.15, 0.2) is 23.9 Å². The van der Waals surface area contributed by atoms with E-state index in [0.29, 0.717) is 29.8 Å². The SMILES string of the molecule is COc1ccc(CCN)cc1OCc1nc(C(C)C)no1. The van der Waals surface area contributed by atoms with E-state index in [1.54, 1.807) is 7.11 Å². The number of hydrogen-bond acceptors (Lipinski definition) is 6. The van der Waals surface area contributed by atoms with Crippen molar-refractivity contribution in [2.75, 3.05) is 13.7 Å². The van der Waals surface area contributed by atoms with E-state index in [4.69, 9.17) is 19.7 Å². The Morgan fingerprint density at radius 1 is 1.29 bits per heavy atom. The lowest BCUT2D eigenvalue weighted by Crippen LogP contribution is -2.04. The Labute approximate surface area is 124 Å². The van der Waals surface area contributed by atoms with Crippen molar-refractivity contribution in [3.63, 3.8) is 0 Å². The highest BCUT2D eigenvalue weighted by Crippen LogP contribution is 2.29. The third kappa shape index (κ3) is 3.95. The van der Waals surface area contributed by atoms with Gasteiger partial charge in [-0.2, -0.15) is 4.98 Å². The monoisotopic (exact) mass is 291 g/mol. The average molecular weight is 291 g/mol. The summed E-state index contributed by atoms with van der Waals surface area (Å²) in [5.74, 6) is 2.67. The second-order valence-electron chi connectivity index (χ2n) is 5.01. The zero-order valence-corrected chi connectivity index (χ0v) is 12.6. The van der Waals surface area contributed by atoms with Crippen molar-refractivity contribution in [3.05, 3.63) is 35.5 Å². The van der Waals surface area contributed by atoms with Crippen LogP contribution < -0.4 is 15.2 Å². The molecule has 0 spiro atoms. The summed E-state index contributed by atoms with van der Waals surface area (Å²) in [5, 5.41) is 3.90. The minimum atomic E-state index is 0.210. The van der Waals surface area contributed by atoms with E-state index in [1.807, 2.05) is 32.0 Å². The molecule has 0 unspecified atom stereocenters. The Morgan fingerprint density at radius 3 is 2.71 bits per heavy atom. The lowest BCUT2D eigenvalue weighted by Gasteiger charge is -2.10. The van der Waals surface area contributed by atoms with E-state index < -0.39 is 0 Å². The van der Waals surface area contributed by atoms with E-state index in [0.717, 1.165) is 12.0 Å². The van der Waals surface area contributed by atoms with Gasteiger partial charge in [0.25, 0.3) is 5.89 Å². The van der Waals surface area contributed by atoms with Crippen LogP contribution in [0.2, 0.25) is 0 Å². The van der Waals surface area contributed by atoms with E-state index in [-0.39, 0.29) is 12.5 Å². The molecule has 0 amide bonds. The quantitative estimate of drug-likeness (QED) is 0.842. The van der Waals surface area contributed by atoms with E-state index >= 15 is 0 Å². The molecule has 0 bridgehead atoms. The summed E-state index contributed by atoms with van der Waals surface area (Å²) in [7, 11) is 1.61. The smallest absolute Gasteiger partial charge is 0.264 e. The van der Waals surface area contributed by atoms with Crippen molar-refractivity contribution in [1.82, 2.24) is 10.1 Å². The molecule has 0 aliphatic rings. The molecule has 2 N–H and O–H groups in total. The summed E-state index contributed by atoms with van der Waals surface area (Å²) in [4.78, 5) is 4.28. The van der Waals surface area contributed by atoms with Gasteiger partial charge in [0.05, 0.1) is 7.11 Å². The molecule has 0 fully saturated rings. The highest BCUT2D eigenvalue weighted by molar-refractivity contribution is 5.43. The molecule has 1 aromatic carbocycles. The summed E-state index contributed by atoms with van der Waals surface area (Å²) in [6, 6.07) is 5.77. The van der Waals surface area contributed by atoms with Crippen LogP contribution in [0.3, 0.4) is 0 Å². The average Bonchev–Trinajstić information content (AvgIpc) is 2.95. The standard InChI is InChI=1S/C15H21N3O3/c1-10(2)15-17-14(21-18-15)9-20-13-8-11(6-7-16)4-5-12(13)19-3/h4-5,8,10H,6-7,9,16H2,1-3H3. The summed E-state index contributed by atoms with van der Waals surface area (Å²) in [5.41, 5.74) is 6.67. The number of ether oxygens (including phenoxy) is 2. The van der Waals surface area contributed by atoms with Gasteiger partial charge in [-0.3, -0.25) is 0 Å². The van der Waals surface area contributed by atoms with Crippen molar-refractivity contribution in [2.24, 2.45) is 5.73 Å². The Balaban J connectivity index is 2.08. The fourth-order valence-corrected chi connectivity index (χ4v) is 1.86. The molecular weight excluding hydrogens is 270 g/mol. The predicted octanol–water partition coefficient (Wildman–Crippen LogP) is 2.28. The third-order valence-electron chi connectivity index (χ3n) is 3.01. The minimum Gasteiger partial charge on any atom is -0.493 e. The van der Waals surface area contributed by atoms with E-state index in [1.165, 1.54) is 0 Å². The van der Waals surface area contributed by atoms with Gasteiger partial charge in [0.2, 0.25) is 0 Å². The molecule has 0 saturated heterocycles.